The molecule has 0 saturated heterocycles. The van der Waals surface area contributed by atoms with Crippen molar-refractivity contribution in [2.45, 2.75) is 30.4 Å². The smallest absolute Gasteiger partial charge is 0.175 e. The molecular weight excluding hydrogens is 310 g/mol. The lowest BCUT2D eigenvalue weighted by atomic mass is 9.95. The van der Waals surface area contributed by atoms with Gasteiger partial charge in [0.1, 0.15) is 0 Å². The van der Waals surface area contributed by atoms with Gasteiger partial charge in [0.15, 0.2) is 9.84 Å². The third-order valence-electron chi connectivity index (χ3n) is 3.96. The van der Waals surface area contributed by atoms with E-state index < -0.39 is 15.4 Å². The lowest BCUT2D eigenvalue weighted by Crippen LogP contribution is -2.36. The Kier molecular flexibility index (Phi) is 5.24. The molecule has 2 rings (SSSR count). The molecule has 2 atom stereocenters. The second-order valence-corrected chi connectivity index (χ2v) is 8.10. The van der Waals surface area contributed by atoms with Gasteiger partial charge in [-0.05, 0) is 37.1 Å². The lowest BCUT2D eigenvalue weighted by Gasteiger charge is -2.27. The number of hydrogen-bond donors (Lipinski definition) is 2. The predicted molar refractivity (Wildman–Crippen MR) is 92.0 cm³/mol. The summed E-state index contributed by atoms with van der Waals surface area (Å²) < 4.78 is 23.0. The first-order valence-electron chi connectivity index (χ1n) is 7.51. The van der Waals surface area contributed by atoms with Gasteiger partial charge >= 0.3 is 0 Å². The Balaban J connectivity index is 2.07. The number of aliphatic hydroxyl groups is 1. The Morgan fingerprint density at radius 1 is 1.09 bits per heavy atom. The summed E-state index contributed by atoms with van der Waals surface area (Å²) >= 11 is 0. The molecule has 0 aliphatic heterocycles. The van der Waals surface area contributed by atoms with Gasteiger partial charge < -0.3 is 10.4 Å². The van der Waals surface area contributed by atoms with Gasteiger partial charge in [-0.15, -0.1) is 0 Å². The zero-order chi connectivity index (χ0) is 17.1. The molecule has 0 amide bonds. The Morgan fingerprint density at radius 2 is 1.65 bits per heavy atom. The molecule has 0 unspecified atom stereocenters. The van der Waals surface area contributed by atoms with E-state index in [1.165, 1.54) is 18.4 Å². The minimum Gasteiger partial charge on any atom is -0.384 e. The molecular formula is C18H23NO3S. The van der Waals surface area contributed by atoms with Crippen LogP contribution in [0.1, 0.15) is 31.0 Å². The summed E-state index contributed by atoms with van der Waals surface area (Å²) in [6.45, 7) is 4.12. The second kappa shape index (κ2) is 6.83. The Hall–Kier alpha value is -1.69. The molecule has 0 bridgehead atoms. The first kappa shape index (κ1) is 17.7. The highest BCUT2D eigenvalue weighted by molar-refractivity contribution is 7.90. The molecule has 0 spiro atoms. The van der Waals surface area contributed by atoms with E-state index >= 15 is 0 Å². The fourth-order valence-corrected chi connectivity index (χ4v) is 3.01. The zero-order valence-corrected chi connectivity index (χ0v) is 14.5. The van der Waals surface area contributed by atoms with Crippen molar-refractivity contribution in [3.8, 4) is 0 Å². The lowest BCUT2D eigenvalue weighted by molar-refractivity contribution is 0.0543. The summed E-state index contributed by atoms with van der Waals surface area (Å²) in [7, 11) is -3.22. The Bertz CT molecular complexity index is 738. The van der Waals surface area contributed by atoms with Crippen LogP contribution in [0.2, 0.25) is 0 Å². The first-order valence-corrected chi connectivity index (χ1v) is 9.40. The molecule has 0 radical (unpaired) electrons. The first-order chi connectivity index (χ1) is 10.7. The van der Waals surface area contributed by atoms with Crippen molar-refractivity contribution in [1.82, 2.24) is 5.32 Å². The maximum atomic E-state index is 11.5. The molecule has 2 aromatic carbocycles. The minimum absolute atomic E-state index is 0.109. The van der Waals surface area contributed by atoms with Gasteiger partial charge in [0, 0.05) is 18.8 Å². The summed E-state index contributed by atoms with van der Waals surface area (Å²) in [5, 5.41) is 14.0. The summed E-state index contributed by atoms with van der Waals surface area (Å²) in [5.41, 5.74) is 0.743. The molecule has 23 heavy (non-hydrogen) atoms. The van der Waals surface area contributed by atoms with Crippen LogP contribution in [0.3, 0.4) is 0 Å². The molecule has 0 aliphatic carbocycles. The van der Waals surface area contributed by atoms with Crippen LogP contribution < -0.4 is 5.32 Å². The summed E-state index contributed by atoms with van der Waals surface area (Å²) in [4.78, 5) is 0.252. The van der Waals surface area contributed by atoms with Gasteiger partial charge in [-0.25, -0.2) is 8.42 Å². The maximum absolute atomic E-state index is 11.5. The average molecular weight is 333 g/mol. The maximum Gasteiger partial charge on any atom is 0.175 e. The normalized spacial score (nSPS) is 15.8. The SMILES string of the molecule is C[C@@H](NC[C@](C)(O)c1ccc(S(C)(=O)=O)cc1)c1ccccc1. The predicted octanol–water partition coefficient (Wildman–Crippen LogP) is 2.65. The van der Waals surface area contributed by atoms with Gasteiger partial charge in [0.05, 0.1) is 10.5 Å². The van der Waals surface area contributed by atoms with Gasteiger partial charge in [-0.2, -0.15) is 0 Å². The van der Waals surface area contributed by atoms with Crippen LogP contribution in [0.4, 0.5) is 0 Å². The molecule has 0 fully saturated rings. The van der Waals surface area contributed by atoms with Gasteiger partial charge in [-0.3, -0.25) is 0 Å². The third kappa shape index (κ3) is 4.64. The number of rotatable bonds is 6. The van der Waals surface area contributed by atoms with E-state index in [-0.39, 0.29) is 10.9 Å². The summed E-state index contributed by atoms with van der Waals surface area (Å²) in [6.07, 6.45) is 1.17. The molecule has 0 aliphatic rings. The van der Waals surface area contributed by atoms with Crippen LogP contribution in [0, 0.1) is 0 Å². The van der Waals surface area contributed by atoms with Crippen molar-refractivity contribution in [3.05, 3.63) is 65.7 Å². The van der Waals surface area contributed by atoms with Gasteiger partial charge in [0.25, 0.3) is 0 Å². The van der Waals surface area contributed by atoms with Crippen molar-refractivity contribution in [2.24, 2.45) is 0 Å². The molecule has 0 saturated carbocycles. The van der Waals surface area contributed by atoms with Crippen molar-refractivity contribution in [3.63, 3.8) is 0 Å². The third-order valence-corrected chi connectivity index (χ3v) is 5.08. The largest absolute Gasteiger partial charge is 0.384 e. The van der Waals surface area contributed by atoms with Crippen molar-refractivity contribution in [1.29, 1.82) is 0 Å². The number of hydrogen-bond acceptors (Lipinski definition) is 4. The highest BCUT2D eigenvalue weighted by Gasteiger charge is 2.24. The molecule has 0 heterocycles. The molecule has 0 aromatic heterocycles. The second-order valence-electron chi connectivity index (χ2n) is 6.08. The Morgan fingerprint density at radius 3 is 2.17 bits per heavy atom. The number of sulfone groups is 1. The van der Waals surface area contributed by atoms with E-state index in [2.05, 4.69) is 5.32 Å². The quantitative estimate of drug-likeness (QED) is 0.853. The van der Waals surface area contributed by atoms with Crippen molar-refractivity contribution >= 4 is 9.84 Å². The van der Waals surface area contributed by atoms with E-state index in [0.29, 0.717) is 12.1 Å². The Labute approximate surface area is 138 Å². The summed E-state index contributed by atoms with van der Waals surface area (Å²) in [5.74, 6) is 0. The van der Waals surface area contributed by atoms with Crippen LogP contribution in [-0.4, -0.2) is 26.3 Å². The average Bonchev–Trinajstić information content (AvgIpc) is 2.53. The number of nitrogens with one attached hydrogen (secondary N) is 1. The van der Waals surface area contributed by atoms with E-state index in [9.17, 15) is 13.5 Å². The van der Waals surface area contributed by atoms with Crippen LogP contribution >= 0.6 is 0 Å². The standard InChI is InChI=1S/C18H23NO3S/c1-14(15-7-5-4-6-8-15)19-13-18(2,20)16-9-11-17(12-10-16)23(3,21)22/h4-12,14,19-20H,13H2,1-3H3/t14-,18+/m1/s1. The monoisotopic (exact) mass is 333 g/mol. The zero-order valence-electron chi connectivity index (χ0n) is 13.7. The van der Waals surface area contributed by atoms with Crippen LogP contribution in [0.15, 0.2) is 59.5 Å². The molecule has 124 valence electrons. The molecule has 2 aromatic rings. The van der Waals surface area contributed by atoms with Crippen LogP contribution in [0.5, 0.6) is 0 Å². The highest BCUT2D eigenvalue weighted by atomic mass is 32.2. The number of benzene rings is 2. The van der Waals surface area contributed by atoms with Gasteiger partial charge in [-0.1, -0.05) is 42.5 Å². The van der Waals surface area contributed by atoms with Crippen molar-refractivity contribution in [2.75, 3.05) is 12.8 Å². The molecule has 2 N–H and O–H groups in total. The van der Waals surface area contributed by atoms with Gasteiger partial charge in [0.2, 0.25) is 0 Å². The highest BCUT2D eigenvalue weighted by Crippen LogP contribution is 2.23. The van der Waals surface area contributed by atoms with Crippen molar-refractivity contribution < 1.29 is 13.5 Å². The van der Waals surface area contributed by atoms with E-state index in [1.54, 1.807) is 19.1 Å². The summed E-state index contributed by atoms with van der Waals surface area (Å²) in [6, 6.07) is 16.5. The minimum atomic E-state index is -3.22. The fourth-order valence-electron chi connectivity index (χ4n) is 2.37. The molecule has 4 nitrogen and oxygen atoms in total. The van der Waals surface area contributed by atoms with E-state index in [4.69, 9.17) is 0 Å². The van der Waals surface area contributed by atoms with Crippen LogP contribution in [0.25, 0.3) is 0 Å². The van der Waals surface area contributed by atoms with Crippen LogP contribution in [-0.2, 0) is 15.4 Å². The molecule has 5 heteroatoms. The fraction of sp³-hybridized carbons (Fsp3) is 0.333. The van der Waals surface area contributed by atoms with E-state index in [0.717, 1.165) is 5.56 Å². The van der Waals surface area contributed by atoms with E-state index in [1.807, 2.05) is 37.3 Å². The topological polar surface area (TPSA) is 66.4 Å².